The quantitative estimate of drug-likeness (QED) is 0.660. The van der Waals surface area contributed by atoms with Crippen LogP contribution in [0, 0.1) is 0 Å². The number of carbonyl (C=O) groups excluding carboxylic acids is 1. The van der Waals surface area contributed by atoms with Gasteiger partial charge in [-0.25, -0.2) is 0 Å². The molecule has 0 fully saturated rings. The number of carbonyl (C=O) groups is 1. The molecule has 0 spiro atoms. The summed E-state index contributed by atoms with van der Waals surface area (Å²) >= 11 is 0. The smallest absolute Gasteiger partial charge is 0.162 e. The number of ketones is 1. The van der Waals surface area contributed by atoms with Crippen LogP contribution in [0.15, 0.2) is 24.3 Å². The van der Waals surface area contributed by atoms with Gasteiger partial charge in [-0.05, 0) is 11.5 Å². The van der Waals surface area contributed by atoms with Gasteiger partial charge in [-0.15, -0.1) is 0 Å². The van der Waals surface area contributed by atoms with E-state index in [2.05, 4.69) is 13.8 Å². The van der Waals surface area contributed by atoms with Crippen LogP contribution in [0.2, 0.25) is 0 Å². The Balaban J connectivity index is 0.00000169. The Kier molecular flexibility index (Phi) is 5.14. The lowest BCUT2D eigenvalue weighted by atomic mass is 10.00. The van der Waals surface area contributed by atoms with Crippen LogP contribution in [0.3, 0.4) is 0 Å². The van der Waals surface area contributed by atoms with E-state index in [1.807, 2.05) is 31.2 Å². The van der Waals surface area contributed by atoms with Crippen molar-refractivity contribution in [2.75, 3.05) is 0 Å². The number of hydrogen-bond donors (Lipinski definition) is 0. The summed E-state index contributed by atoms with van der Waals surface area (Å²) in [5.74, 6) is 0.751. The Morgan fingerprint density at radius 2 is 1.71 bits per heavy atom. The van der Waals surface area contributed by atoms with Crippen molar-refractivity contribution in [3.63, 3.8) is 0 Å². The summed E-state index contributed by atoms with van der Waals surface area (Å²) in [5.41, 5.74) is 2.11. The molecule has 0 aliphatic carbocycles. The second-order valence-electron chi connectivity index (χ2n) is 3.55. The maximum Gasteiger partial charge on any atom is 0.162 e. The Morgan fingerprint density at radius 1 is 1.21 bits per heavy atom. The predicted octanol–water partition coefficient (Wildman–Crippen LogP) is 4.04. The molecule has 1 heteroatoms. The van der Waals surface area contributed by atoms with Gasteiger partial charge in [0, 0.05) is 12.0 Å². The lowest BCUT2D eigenvalue weighted by molar-refractivity contribution is 0.0988. The van der Waals surface area contributed by atoms with E-state index in [0.717, 1.165) is 5.56 Å². The predicted molar refractivity (Wildman–Crippen MR) is 61.9 cm³/mol. The van der Waals surface area contributed by atoms with Gasteiger partial charge in [0.05, 0.1) is 0 Å². The van der Waals surface area contributed by atoms with E-state index in [4.69, 9.17) is 0 Å². The summed E-state index contributed by atoms with van der Waals surface area (Å²) in [6.07, 6.45) is 0.584. The van der Waals surface area contributed by atoms with Crippen LogP contribution in [0.5, 0.6) is 0 Å². The molecule has 0 saturated heterocycles. The number of benzene rings is 1. The minimum atomic E-state index is 0. The molecule has 0 unspecified atom stereocenters. The van der Waals surface area contributed by atoms with Crippen LogP contribution >= 0.6 is 0 Å². The van der Waals surface area contributed by atoms with Gasteiger partial charge in [0.15, 0.2) is 5.78 Å². The van der Waals surface area contributed by atoms with E-state index >= 15 is 0 Å². The first-order valence-electron chi connectivity index (χ1n) is 4.78. The molecular weight excluding hydrogens is 172 g/mol. The molecule has 0 aliphatic heterocycles. The molecule has 14 heavy (non-hydrogen) atoms. The van der Waals surface area contributed by atoms with E-state index in [1.54, 1.807) is 0 Å². The summed E-state index contributed by atoms with van der Waals surface area (Å²) in [5, 5.41) is 0. The minimum Gasteiger partial charge on any atom is -0.294 e. The molecule has 1 aromatic carbocycles. The van der Waals surface area contributed by atoms with Gasteiger partial charge >= 0.3 is 0 Å². The van der Waals surface area contributed by atoms with Crippen molar-refractivity contribution in [1.29, 1.82) is 0 Å². The van der Waals surface area contributed by atoms with Crippen LogP contribution in [-0.2, 0) is 0 Å². The summed E-state index contributed by atoms with van der Waals surface area (Å²) in [6.45, 7) is 6.19. The van der Waals surface area contributed by atoms with Crippen molar-refractivity contribution in [2.45, 2.75) is 40.5 Å². The van der Waals surface area contributed by atoms with E-state index in [9.17, 15) is 4.79 Å². The van der Waals surface area contributed by atoms with Crippen molar-refractivity contribution in [2.24, 2.45) is 0 Å². The highest BCUT2D eigenvalue weighted by Crippen LogP contribution is 2.15. The van der Waals surface area contributed by atoms with Crippen LogP contribution in [-0.4, -0.2) is 5.78 Å². The first-order valence-corrected chi connectivity index (χ1v) is 4.78. The van der Waals surface area contributed by atoms with Gasteiger partial charge in [0.2, 0.25) is 0 Å². The third-order valence-corrected chi connectivity index (χ3v) is 2.22. The number of Topliss-reactive ketones (excluding diaryl/α,β-unsaturated/α-hetero) is 1. The third kappa shape index (κ3) is 2.99. The van der Waals surface area contributed by atoms with Crippen LogP contribution in [0.4, 0.5) is 0 Å². The largest absolute Gasteiger partial charge is 0.294 e. The highest BCUT2D eigenvalue weighted by Gasteiger charge is 2.03. The second-order valence-corrected chi connectivity index (χ2v) is 3.55. The fourth-order valence-corrected chi connectivity index (χ4v) is 1.26. The summed E-state index contributed by atoms with van der Waals surface area (Å²) in [7, 11) is 0. The highest BCUT2D eigenvalue weighted by molar-refractivity contribution is 5.95. The molecule has 78 valence electrons. The molecular formula is C13H20O. The van der Waals surface area contributed by atoms with Gasteiger partial charge in [0.1, 0.15) is 0 Å². The lowest BCUT2D eigenvalue weighted by Crippen LogP contribution is -1.96. The Morgan fingerprint density at radius 3 is 2.07 bits per heavy atom. The summed E-state index contributed by atoms with van der Waals surface area (Å²) in [4.78, 5) is 11.3. The van der Waals surface area contributed by atoms with Crippen molar-refractivity contribution in [3.05, 3.63) is 35.4 Å². The maximum absolute atomic E-state index is 11.3. The highest BCUT2D eigenvalue weighted by atomic mass is 16.1. The van der Waals surface area contributed by atoms with Crippen LogP contribution in [0.25, 0.3) is 0 Å². The van der Waals surface area contributed by atoms with Gasteiger partial charge in [0.25, 0.3) is 0 Å². The molecule has 1 aromatic rings. The summed E-state index contributed by atoms with van der Waals surface area (Å²) < 4.78 is 0. The molecule has 1 nitrogen and oxygen atoms in total. The zero-order valence-electron chi connectivity index (χ0n) is 8.50. The van der Waals surface area contributed by atoms with E-state index in [0.29, 0.717) is 12.3 Å². The molecule has 0 aromatic heterocycles. The monoisotopic (exact) mass is 192 g/mol. The van der Waals surface area contributed by atoms with Gasteiger partial charge in [-0.3, -0.25) is 4.79 Å². The molecule has 0 aliphatic rings. The SMILES string of the molecule is C.CCC(=O)c1ccc(C(C)C)cc1. The Bertz CT molecular complexity index is 283. The van der Waals surface area contributed by atoms with Crippen molar-refractivity contribution >= 4 is 5.78 Å². The fraction of sp³-hybridized carbons (Fsp3) is 0.462. The first kappa shape index (κ1) is 12.9. The normalized spacial score (nSPS) is 9.71. The first-order chi connectivity index (χ1) is 6.15. The average molecular weight is 192 g/mol. The average Bonchev–Trinajstić information content (AvgIpc) is 2.17. The van der Waals surface area contributed by atoms with E-state index in [1.165, 1.54) is 5.56 Å². The molecule has 0 N–H and O–H groups in total. The van der Waals surface area contributed by atoms with Crippen molar-refractivity contribution < 1.29 is 4.79 Å². The maximum atomic E-state index is 11.3. The number of hydrogen-bond acceptors (Lipinski definition) is 1. The molecule has 1 rings (SSSR count). The minimum absolute atomic E-state index is 0. The molecule has 0 atom stereocenters. The zero-order chi connectivity index (χ0) is 9.84. The fourth-order valence-electron chi connectivity index (χ4n) is 1.26. The van der Waals surface area contributed by atoms with Crippen molar-refractivity contribution in [1.82, 2.24) is 0 Å². The molecule has 0 saturated carbocycles. The number of rotatable bonds is 3. The van der Waals surface area contributed by atoms with Crippen LogP contribution < -0.4 is 0 Å². The van der Waals surface area contributed by atoms with Gasteiger partial charge in [-0.1, -0.05) is 52.5 Å². The van der Waals surface area contributed by atoms with Gasteiger partial charge < -0.3 is 0 Å². The van der Waals surface area contributed by atoms with Crippen molar-refractivity contribution in [3.8, 4) is 0 Å². The topological polar surface area (TPSA) is 17.1 Å². The molecule has 0 heterocycles. The lowest BCUT2D eigenvalue weighted by Gasteiger charge is -2.05. The third-order valence-electron chi connectivity index (χ3n) is 2.22. The Labute approximate surface area is 87.2 Å². The van der Waals surface area contributed by atoms with E-state index < -0.39 is 0 Å². The Hall–Kier alpha value is -1.11. The summed E-state index contributed by atoms with van der Waals surface area (Å²) in [6, 6.07) is 7.91. The molecule has 0 amide bonds. The van der Waals surface area contributed by atoms with E-state index in [-0.39, 0.29) is 13.2 Å². The zero-order valence-corrected chi connectivity index (χ0v) is 8.50. The second kappa shape index (κ2) is 5.58. The standard InChI is InChI=1S/C12H16O.CH4/c1-4-12(13)11-7-5-10(6-8-11)9(2)3;/h5-9H,4H2,1-3H3;1H4. The van der Waals surface area contributed by atoms with Crippen LogP contribution in [0.1, 0.15) is 56.5 Å². The van der Waals surface area contributed by atoms with Gasteiger partial charge in [-0.2, -0.15) is 0 Å². The molecule has 0 radical (unpaired) electrons. The molecule has 0 bridgehead atoms.